The molecule has 0 aliphatic rings. The van der Waals surface area contributed by atoms with Crippen molar-refractivity contribution in [3.05, 3.63) is 95.8 Å². The Morgan fingerprint density at radius 3 is 2.23 bits per heavy atom. The molecule has 0 heterocycles. The van der Waals surface area contributed by atoms with E-state index >= 15 is 0 Å². The summed E-state index contributed by atoms with van der Waals surface area (Å²) in [7, 11) is 1.83. The number of carbonyl (C=O) groups is 1. The molecule has 0 spiro atoms. The molecule has 0 unspecified atom stereocenters. The van der Waals surface area contributed by atoms with Crippen LogP contribution in [0.4, 0.5) is 4.39 Å². The van der Waals surface area contributed by atoms with Crippen LogP contribution in [0.5, 0.6) is 0 Å². The summed E-state index contributed by atoms with van der Waals surface area (Å²) in [6.45, 7) is 4.95. The maximum absolute atomic E-state index is 13.4. The van der Waals surface area contributed by atoms with Crippen molar-refractivity contribution in [3.63, 3.8) is 0 Å². The lowest BCUT2D eigenvalue weighted by molar-refractivity contribution is 0.0338. The molecule has 1 amide bonds. The zero-order chi connectivity index (χ0) is 21.5. The van der Waals surface area contributed by atoms with E-state index in [4.69, 9.17) is 4.74 Å². The van der Waals surface area contributed by atoms with Crippen LogP contribution in [0, 0.1) is 11.7 Å². The van der Waals surface area contributed by atoms with Crippen LogP contribution in [0.25, 0.3) is 11.1 Å². The number of ether oxygens (including phenoxy) is 1. The molecular weight excluding hydrogens is 377 g/mol. The molecule has 0 aromatic heterocycles. The Balaban J connectivity index is 1.73. The van der Waals surface area contributed by atoms with Gasteiger partial charge in [-0.15, -0.1) is 0 Å². The molecule has 0 aliphatic carbocycles. The van der Waals surface area contributed by atoms with Crippen LogP contribution < -0.4 is 0 Å². The predicted octanol–water partition coefficient (Wildman–Crippen LogP) is 5.81. The van der Waals surface area contributed by atoms with Gasteiger partial charge in [0.2, 0.25) is 0 Å². The van der Waals surface area contributed by atoms with Crippen molar-refractivity contribution < 1.29 is 13.9 Å². The van der Waals surface area contributed by atoms with Crippen molar-refractivity contribution in [3.8, 4) is 11.1 Å². The van der Waals surface area contributed by atoms with Crippen LogP contribution >= 0.6 is 0 Å². The lowest BCUT2D eigenvalue weighted by atomic mass is 9.97. The molecule has 0 saturated heterocycles. The highest BCUT2D eigenvalue weighted by Crippen LogP contribution is 2.25. The Morgan fingerprint density at radius 2 is 1.57 bits per heavy atom. The van der Waals surface area contributed by atoms with E-state index in [9.17, 15) is 9.18 Å². The zero-order valence-corrected chi connectivity index (χ0v) is 17.7. The van der Waals surface area contributed by atoms with Crippen LogP contribution in [0.1, 0.15) is 29.8 Å². The third-order valence-electron chi connectivity index (χ3n) is 5.30. The van der Waals surface area contributed by atoms with Crippen LogP contribution in [0.15, 0.2) is 78.9 Å². The van der Waals surface area contributed by atoms with Gasteiger partial charge in [-0.1, -0.05) is 74.5 Å². The summed E-state index contributed by atoms with van der Waals surface area (Å²) in [4.78, 5) is 15.2. The molecule has 3 rings (SSSR count). The van der Waals surface area contributed by atoms with Gasteiger partial charge in [0.05, 0.1) is 19.3 Å². The minimum atomic E-state index is -0.263. The fourth-order valence-corrected chi connectivity index (χ4v) is 3.51. The average Bonchev–Trinajstić information content (AvgIpc) is 2.77. The Labute approximate surface area is 178 Å². The minimum Gasteiger partial charge on any atom is -0.375 e. The van der Waals surface area contributed by atoms with Crippen molar-refractivity contribution in [2.45, 2.75) is 26.5 Å². The van der Waals surface area contributed by atoms with E-state index < -0.39 is 0 Å². The Kier molecular flexibility index (Phi) is 7.36. The zero-order valence-electron chi connectivity index (χ0n) is 17.7. The molecule has 3 nitrogen and oxygen atoms in total. The van der Waals surface area contributed by atoms with Gasteiger partial charge in [-0.25, -0.2) is 4.39 Å². The van der Waals surface area contributed by atoms with Crippen LogP contribution in [-0.4, -0.2) is 30.5 Å². The van der Waals surface area contributed by atoms with Gasteiger partial charge in [-0.2, -0.15) is 0 Å². The molecule has 30 heavy (non-hydrogen) atoms. The highest BCUT2D eigenvalue weighted by atomic mass is 19.1. The largest absolute Gasteiger partial charge is 0.375 e. The Hall–Kier alpha value is -2.98. The summed E-state index contributed by atoms with van der Waals surface area (Å²) in [5.74, 6) is -0.0733. The number of halogens is 1. The number of benzene rings is 3. The first-order valence-electron chi connectivity index (χ1n) is 10.2. The first kappa shape index (κ1) is 21.7. The van der Waals surface area contributed by atoms with E-state index in [0.29, 0.717) is 18.8 Å². The van der Waals surface area contributed by atoms with E-state index in [1.54, 1.807) is 17.0 Å². The lowest BCUT2D eigenvalue weighted by Gasteiger charge is -2.31. The third-order valence-corrected chi connectivity index (χ3v) is 5.30. The van der Waals surface area contributed by atoms with Gasteiger partial charge in [0.1, 0.15) is 5.82 Å². The van der Waals surface area contributed by atoms with Gasteiger partial charge in [-0.05, 0) is 40.8 Å². The van der Waals surface area contributed by atoms with Crippen LogP contribution in [0.3, 0.4) is 0 Å². The van der Waals surface area contributed by atoms with Gasteiger partial charge >= 0.3 is 0 Å². The van der Waals surface area contributed by atoms with Crippen molar-refractivity contribution in [1.82, 2.24) is 4.90 Å². The molecule has 0 saturated carbocycles. The highest BCUT2D eigenvalue weighted by molar-refractivity contribution is 6.00. The second kappa shape index (κ2) is 10.2. The molecule has 4 heteroatoms. The molecule has 1 atom stereocenters. The topological polar surface area (TPSA) is 29.5 Å². The number of amides is 1. The molecule has 3 aromatic carbocycles. The average molecular weight is 406 g/mol. The smallest absolute Gasteiger partial charge is 0.254 e. The lowest BCUT2D eigenvalue weighted by Crippen LogP contribution is -2.43. The predicted molar refractivity (Wildman–Crippen MR) is 119 cm³/mol. The standard InChI is InChI=1S/C26H28FNO2/c1-19(2)25(18-30-17-20-13-15-22(27)16-14-20)28(3)26(29)24-12-8-7-11-23(24)21-9-5-4-6-10-21/h4-16,19,25H,17-18H2,1-3H3/t25-/m1/s1. The molecule has 0 radical (unpaired) electrons. The van der Waals surface area contributed by atoms with Crippen LogP contribution in [0.2, 0.25) is 0 Å². The molecule has 0 fully saturated rings. The van der Waals surface area contributed by atoms with E-state index in [1.165, 1.54) is 12.1 Å². The van der Waals surface area contributed by atoms with Crippen molar-refractivity contribution in [2.24, 2.45) is 5.92 Å². The summed E-state index contributed by atoms with van der Waals surface area (Å²) in [6, 6.07) is 23.8. The normalized spacial score (nSPS) is 12.0. The number of nitrogens with zero attached hydrogens (tertiary/aromatic N) is 1. The number of hydrogen-bond acceptors (Lipinski definition) is 2. The summed E-state index contributed by atoms with van der Waals surface area (Å²) < 4.78 is 19.0. The summed E-state index contributed by atoms with van der Waals surface area (Å²) in [6.07, 6.45) is 0. The first-order chi connectivity index (χ1) is 14.5. The molecule has 3 aromatic rings. The van der Waals surface area contributed by atoms with E-state index in [-0.39, 0.29) is 23.7 Å². The number of carbonyl (C=O) groups excluding carboxylic acids is 1. The quantitative estimate of drug-likeness (QED) is 0.474. The SMILES string of the molecule is CC(C)[C@@H](COCc1ccc(F)cc1)N(C)C(=O)c1ccccc1-c1ccccc1. The monoisotopic (exact) mass is 405 g/mol. The van der Waals surface area contributed by atoms with Gasteiger partial charge in [0.15, 0.2) is 0 Å². The summed E-state index contributed by atoms with van der Waals surface area (Å²) in [5, 5.41) is 0. The maximum Gasteiger partial charge on any atom is 0.254 e. The number of likely N-dealkylation sites (N-methyl/N-ethyl adjacent to an activating group) is 1. The molecular formula is C26H28FNO2. The Morgan fingerprint density at radius 1 is 0.933 bits per heavy atom. The van der Waals surface area contributed by atoms with Gasteiger partial charge < -0.3 is 9.64 Å². The van der Waals surface area contributed by atoms with Crippen LogP contribution in [-0.2, 0) is 11.3 Å². The van der Waals surface area contributed by atoms with Gasteiger partial charge in [-0.3, -0.25) is 4.79 Å². The second-order valence-electron chi connectivity index (χ2n) is 7.78. The molecule has 0 bridgehead atoms. The Bertz CT molecular complexity index is 954. The number of rotatable bonds is 8. The number of hydrogen-bond donors (Lipinski definition) is 0. The third kappa shape index (κ3) is 5.33. The maximum atomic E-state index is 13.4. The van der Waals surface area contributed by atoms with E-state index in [1.807, 2.05) is 61.6 Å². The van der Waals surface area contributed by atoms with E-state index in [2.05, 4.69) is 13.8 Å². The summed E-state index contributed by atoms with van der Waals surface area (Å²) in [5.41, 5.74) is 3.52. The van der Waals surface area contributed by atoms with E-state index in [0.717, 1.165) is 16.7 Å². The van der Waals surface area contributed by atoms with Crippen molar-refractivity contribution >= 4 is 5.91 Å². The fourth-order valence-electron chi connectivity index (χ4n) is 3.51. The first-order valence-corrected chi connectivity index (χ1v) is 10.2. The van der Waals surface area contributed by atoms with Crippen molar-refractivity contribution in [2.75, 3.05) is 13.7 Å². The minimum absolute atomic E-state index is 0.0291. The molecule has 0 aliphatic heterocycles. The molecule has 156 valence electrons. The van der Waals surface area contributed by atoms with Gasteiger partial charge in [0, 0.05) is 12.6 Å². The summed E-state index contributed by atoms with van der Waals surface area (Å²) >= 11 is 0. The fraction of sp³-hybridized carbons (Fsp3) is 0.269. The highest BCUT2D eigenvalue weighted by Gasteiger charge is 2.26. The van der Waals surface area contributed by atoms with Gasteiger partial charge in [0.25, 0.3) is 5.91 Å². The van der Waals surface area contributed by atoms with Crippen molar-refractivity contribution in [1.29, 1.82) is 0 Å². The molecule has 0 N–H and O–H groups in total. The second-order valence-corrected chi connectivity index (χ2v) is 7.78.